The van der Waals surface area contributed by atoms with Crippen LogP contribution in [0, 0.1) is 0 Å². The van der Waals surface area contributed by atoms with Crippen molar-refractivity contribution in [3.63, 3.8) is 0 Å². The fourth-order valence-electron chi connectivity index (χ4n) is 2.39. The Morgan fingerprint density at radius 3 is 3.00 bits per heavy atom. The Morgan fingerprint density at radius 2 is 2.19 bits per heavy atom. The highest BCUT2D eigenvalue weighted by atomic mass is 32.1. The summed E-state index contributed by atoms with van der Waals surface area (Å²) in [7, 11) is 0. The van der Waals surface area contributed by atoms with Gasteiger partial charge in [0.1, 0.15) is 0 Å². The maximum atomic E-state index is 11.9. The molecule has 0 aliphatic carbocycles. The van der Waals surface area contributed by atoms with Crippen LogP contribution in [-0.4, -0.2) is 36.7 Å². The largest absolute Gasteiger partial charge is 0.378 e. The molecule has 0 bridgehead atoms. The van der Waals surface area contributed by atoms with Gasteiger partial charge in [-0.2, -0.15) is 0 Å². The smallest absolute Gasteiger partial charge is 0.228 e. The number of rotatable bonds is 5. The Bertz CT molecular complexity index is 575. The van der Waals surface area contributed by atoms with Crippen LogP contribution in [0.1, 0.15) is 19.3 Å². The lowest BCUT2D eigenvalue weighted by molar-refractivity contribution is -0.117. The third-order valence-corrected chi connectivity index (χ3v) is 4.46. The average Bonchev–Trinajstić information content (AvgIpc) is 2.90. The average molecular weight is 305 g/mol. The number of aromatic nitrogens is 1. The van der Waals surface area contributed by atoms with Crippen molar-refractivity contribution in [3.8, 4) is 0 Å². The number of nitrogens with zero attached hydrogens (tertiary/aromatic N) is 1. The summed E-state index contributed by atoms with van der Waals surface area (Å²) in [6.07, 6.45) is 2.72. The Hall–Kier alpha value is -1.50. The van der Waals surface area contributed by atoms with Gasteiger partial charge in [0, 0.05) is 0 Å². The number of amides is 1. The predicted octanol–water partition coefficient (Wildman–Crippen LogP) is 2.39. The number of anilines is 1. The van der Waals surface area contributed by atoms with E-state index in [2.05, 4.69) is 15.6 Å². The van der Waals surface area contributed by atoms with E-state index < -0.39 is 0 Å². The summed E-state index contributed by atoms with van der Waals surface area (Å²) in [5.41, 5.74) is 0.920. The highest BCUT2D eigenvalue weighted by molar-refractivity contribution is 7.22. The van der Waals surface area contributed by atoms with Crippen molar-refractivity contribution in [1.29, 1.82) is 0 Å². The molecule has 0 saturated carbocycles. The molecular weight excluding hydrogens is 286 g/mol. The summed E-state index contributed by atoms with van der Waals surface area (Å²) in [5, 5.41) is 6.79. The molecule has 21 heavy (non-hydrogen) atoms. The normalized spacial score (nSPS) is 16.2. The Kier molecular flexibility index (Phi) is 4.80. The SMILES string of the molecule is O=C(CCOC1CCNCC1)Nc1nc2ccccc2s1. The second-order valence-corrected chi connectivity index (χ2v) is 6.14. The van der Waals surface area contributed by atoms with Crippen molar-refractivity contribution < 1.29 is 9.53 Å². The fourth-order valence-corrected chi connectivity index (χ4v) is 3.27. The topological polar surface area (TPSA) is 63.2 Å². The molecule has 1 amide bonds. The van der Waals surface area contributed by atoms with Gasteiger partial charge in [-0.25, -0.2) is 4.98 Å². The molecule has 1 aliphatic heterocycles. The zero-order valence-corrected chi connectivity index (χ0v) is 12.6. The first-order chi connectivity index (χ1) is 10.3. The number of nitrogens with one attached hydrogen (secondary N) is 2. The van der Waals surface area contributed by atoms with E-state index in [0.717, 1.165) is 36.1 Å². The van der Waals surface area contributed by atoms with Crippen LogP contribution in [-0.2, 0) is 9.53 Å². The lowest BCUT2D eigenvalue weighted by Crippen LogP contribution is -2.33. The molecule has 0 atom stereocenters. The van der Waals surface area contributed by atoms with E-state index in [9.17, 15) is 4.79 Å². The molecule has 1 aliphatic rings. The van der Waals surface area contributed by atoms with Gasteiger partial charge in [0.25, 0.3) is 0 Å². The molecule has 112 valence electrons. The summed E-state index contributed by atoms with van der Waals surface area (Å²) in [6, 6.07) is 7.87. The van der Waals surface area contributed by atoms with Gasteiger partial charge in [0.05, 0.1) is 29.3 Å². The second-order valence-electron chi connectivity index (χ2n) is 5.11. The molecule has 1 aromatic carbocycles. The van der Waals surface area contributed by atoms with Crippen LogP contribution < -0.4 is 10.6 Å². The third kappa shape index (κ3) is 4.00. The van der Waals surface area contributed by atoms with Crippen molar-refractivity contribution in [2.45, 2.75) is 25.4 Å². The minimum atomic E-state index is -0.0389. The Balaban J connectivity index is 1.45. The zero-order valence-electron chi connectivity index (χ0n) is 11.8. The third-order valence-electron chi connectivity index (χ3n) is 3.51. The summed E-state index contributed by atoms with van der Waals surface area (Å²) in [6.45, 7) is 2.48. The molecule has 2 N–H and O–H groups in total. The number of para-hydroxylation sites is 1. The van der Waals surface area contributed by atoms with Gasteiger partial charge in [-0.1, -0.05) is 23.5 Å². The maximum Gasteiger partial charge on any atom is 0.228 e. The maximum absolute atomic E-state index is 11.9. The van der Waals surface area contributed by atoms with Crippen molar-refractivity contribution in [2.75, 3.05) is 25.0 Å². The highest BCUT2D eigenvalue weighted by Crippen LogP contribution is 2.25. The standard InChI is InChI=1S/C15H19N3O2S/c19-14(7-10-20-11-5-8-16-9-6-11)18-15-17-12-3-1-2-4-13(12)21-15/h1-4,11,16H,5-10H2,(H,17,18,19). The number of benzene rings is 1. The number of hydrogen-bond acceptors (Lipinski definition) is 5. The van der Waals surface area contributed by atoms with E-state index in [1.165, 1.54) is 11.3 Å². The van der Waals surface area contributed by atoms with Crippen LogP contribution >= 0.6 is 11.3 Å². The molecule has 3 rings (SSSR count). The summed E-state index contributed by atoms with van der Waals surface area (Å²) >= 11 is 1.49. The van der Waals surface area contributed by atoms with E-state index in [4.69, 9.17) is 4.74 Å². The van der Waals surface area contributed by atoms with Gasteiger partial charge in [0.2, 0.25) is 5.91 Å². The Morgan fingerprint density at radius 1 is 1.38 bits per heavy atom. The molecule has 1 saturated heterocycles. The van der Waals surface area contributed by atoms with Gasteiger partial charge >= 0.3 is 0 Å². The summed E-state index contributed by atoms with van der Waals surface area (Å²) in [5.74, 6) is -0.0389. The van der Waals surface area contributed by atoms with Crippen LogP contribution in [0.2, 0.25) is 0 Å². The van der Waals surface area contributed by atoms with Crippen molar-refractivity contribution in [1.82, 2.24) is 10.3 Å². The van der Waals surface area contributed by atoms with Crippen LogP contribution in [0.15, 0.2) is 24.3 Å². The molecule has 2 heterocycles. The molecular formula is C15H19N3O2S. The number of fused-ring (bicyclic) bond motifs is 1. The van der Waals surface area contributed by atoms with Crippen LogP contribution in [0.5, 0.6) is 0 Å². The quantitative estimate of drug-likeness (QED) is 0.890. The Labute approximate surface area is 127 Å². The molecule has 0 spiro atoms. The molecule has 1 fully saturated rings. The second kappa shape index (κ2) is 6.98. The first kappa shape index (κ1) is 14.4. The van der Waals surface area contributed by atoms with Gasteiger partial charge in [-0.15, -0.1) is 0 Å². The van der Waals surface area contributed by atoms with Crippen LogP contribution in [0.4, 0.5) is 5.13 Å². The van der Waals surface area contributed by atoms with Crippen LogP contribution in [0.25, 0.3) is 10.2 Å². The van der Waals surface area contributed by atoms with Crippen molar-refractivity contribution in [2.24, 2.45) is 0 Å². The minimum Gasteiger partial charge on any atom is -0.378 e. The van der Waals surface area contributed by atoms with Gasteiger partial charge in [0.15, 0.2) is 5.13 Å². The lowest BCUT2D eigenvalue weighted by atomic mass is 10.1. The number of carbonyl (C=O) groups excluding carboxylic acids is 1. The summed E-state index contributed by atoms with van der Waals surface area (Å²) < 4.78 is 6.81. The number of piperidine rings is 1. The lowest BCUT2D eigenvalue weighted by Gasteiger charge is -2.22. The van der Waals surface area contributed by atoms with E-state index in [1.54, 1.807) is 0 Å². The van der Waals surface area contributed by atoms with Gasteiger partial charge in [-0.05, 0) is 38.1 Å². The number of hydrogen-bond donors (Lipinski definition) is 2. The fraction of sp³-hybridized carbons (Fsp3) is 0.467. The van der Waals surface area contributed by atoms with E-state index in [-0.39, 0.29) is 5.91 Å². The number of carbonyl (C=O) groups is 1. The van der Waals surface area contributed by atoms with E-state index >= 15 is 0 Å². The van der Waals surface area contributed by atoms with Gasteiger partial charge in [-0.3, -0.25) is 4.79 Å². The molecule has 1 aromatic heterocycles. The van der Waals surface area contributed by atoms with E-state index in [1.807, 2.05) is 24.3 Å². The predicted molar refractivity (Wildman–Crippen MR) is 84.7 cm³/mol. The zero-order chi connectivity index (χ0) is 14.5. The number of ether oxygens (including phenoxy) is 1. The first-order valence-corrected chi connectivity index (χ1v) is 8.10. The molecule has 6 heteroatoms. The monoisotopic (exact) mass is 305 g/mol. The molecule has 5 nitrogen and oxygen atoms in total. The van der Waals surface area contributed by atoms with Gasteiger partial charge < -0.3 is 15.4 Å². The summed E-state index contributed by atoms with van der Waals surface area (Å²) in [4.78, 5) is 16.3. The molecule has 0 unspecified atom stereocenters. The van der Waals surface area contributed by atoms with Crippen LogP contribution in [0.3, 0.4) is 0 Å². The highest BCUT2D eigenvalue weighted by Gasteiger charge is 2.14. The molecule has 2 aromatic rings. The van der Waals surface area contributed by atoms with Crippen molar-refractivity contribution >= 4 is 32.6 Å². The number of thiazole rings is 1. The molecule has 0 radical (unpaired) electrons. The minimum absolute atomic E-state index is 0.0389. The van der Waals surface area contributed by atoms with Crippen molar-refractivity contribution in [3.05, 3.63) is 24.3 Å². The van der Waals surface area contributed by atoms with E-state index in [0.29, 0.717) is 24.3 Å². The first-order valence-electron chi connectivity index (χ1n) is 7.29.